The molecule has 1 aliphatic heterocycles. The molecule has 1 aromatic rings. The molecule has 2 rings (SSSR count). The smallest absolute Gasteiger partial charge is 0.248 e. The normalized spacial score (nSPS) is 21.9. The topological polar surface area (TPSA) is 106 Å². The number of carbonyl (C=O) groups is 1. The number of sulfonamides is 1. The predicted octanol–water partition coefficient (Wildman–Crippen LogP) is 0.676. The Morgan fingerprint density at radius 3 is 2.71 bits per heavy atom. The number of rotatable bonds is 4. The maximum Gasteiger partial charge on any atom is 0.248 e. The lowest BCUT2D eigenvalue weighted by atomic mass is 10.00. The largest absolute Gasteiger partial charge is 0.366 e. The Morgan fingerprint density at radius 1 is 1.38 bits per heavy atom. The quantitative estimate of drug-likeness (QED) is 0.852. The van der Waals surface area contributed by atoms with E-state index < -0.39 is 15.9 Å². The van der Waals surface area contributed by atoms with Crippen LogP contribution in [-0.2, 0) is 10.0 Å². The van der Waals surface area contributed by atoms with Crippen molar-refractivity contribution < 1.29 is 13.2 Å². The average Bonchev–Trinajstić information content (AvgIpc) is 2.47. The zero-order valence-electron chi connectivity index (χ0n) is 12.0. The summed E-state index contributed by atoms with van der Waals surface area (Å²) in [7, 11) is -3.67. The number of hydrogen-bond donors (Lipinski definition) is 2. The van der Waals surface area contributed by atoms with Gasteiger partial charge in [0.05, 0.1) is 4.90 Å². The van der Waals surface area contributed by atoms with Gasteiger partial charge in [-0.25, -0.2) is 8.42 Å². The molecule has 0 radical (unpaired) electrons. The molecule has 1 amide bonds. The third kappa shape index (κ3) is 3.25. The number of nitrogens with zero attached hydrogens (tertiary/aromatic N) is 1. The van der Waals surface area contributed by atoms with Crippen LogP contribution in [-0.4, -0.2) is 37.3 Å². The highest BCUT2D eigenvalue weighted by molar-refractivity contribution is 7.89. The Bertz CT molecular complexity index is 628. The van der Waals surface area contributed by atoms with E-state index in [2.05, 4.69) is 0 Å². The predicted molar refractivity (Wildman–Crippen MR) is 80.1 cm³/mol. The molecule has 1 heterocycles. The SMILES string of the molecule is C[C@H](N)[C@@H]1CCCCN1S(=O)(=O)c1cccc(C(N)=O)c1. The summed E-state index contributed by atoms with van der Waals surface area (Å²) in [6.45, 7) is 2.27. The van der Waals surface area contributed by atoms with Crippen molar-refractivity contribution >= 4 is 15.9 Å². The molecule has 6 nitrogen and oxygen atoms in total. The fourth-order valence-electron chi connectivity index (χ4n) is 2.70. The molecule has 1 aromatic carbocycles. The second-order valence-corrected chi connectivity index (χ2v) is 7.32. The molecule has 4 N–H and O–H groups in total. The van der Waals surface area contributed by atoms with Gasteiger partial charge in [0.15, 0.2) is 0 Å². The number of hydrogen-bond acceptors (Lipinski definition) is 4. The van der Waals surface area contributed by atoms with Crippen molar-refractivity contribution in [3.63, 3.8) is 0 Å². The average molecular weight is 311 g/mol. The molecule has 0 unspecified atom stereocenters. The van der Waals surface area contributed by atoms with Gasteiger partial charge in [-0.1, -0.05) is 12.5 Å². The van der Waals surface area contributed by atoms with Gasteiger partial charge < -0.3 is 11.5 Å². The first kappa shape index (κ1) is 15.9. The highest BCUT2D eigenvalue weighted by Gasteiger charge is 2.35. The third-order valence-corrected chi connectivity index (χ3v) is 5.75. The van der Waals surface area contributed by atoms with Crippen molar-refractivity contribution in [2.45, 2.75) is 43.2 Å². The maximum atomic E-state index is 12.8. The molecule has 0 bridgehead atoms. The van der Waals surface area contributed by atoms with Crippen LogP contribution in [0.1, 0.15) is 36.5 Å². The fourth-order valence-corrected chi connectivity index (χ4v) is 4.52. The lowest BCUT2D eigenvalue weighted by Crippen LogP contribution is -2.51. The number of amides is 1. The molecule has 2 atom stereocenters. The Hall–Kier alpha value is -1.44. The van der Waals surface area contributed by atoms with Crippen LogP contribution in [0.25, 0.3) is 0 Å². The monoisotopic (exact) mass is 311 g/mol. The van der Waals surface area contributed by atoms with E-state index in [9.17, 15) is 13.2 Å². The molecular weight excluding hydrogens is 290 g/mol. The van der Waals surface area contributed by atoms with Crippen LogP contribution in [0.15, 0.2) is 29.2 Å². The summed E-state index contributed by atoms with van der Waals surface area (Å²) in [5, 5.41) is 0. The van der Waals surface area contributed by atoms with Gasteiger partial charge in [0, 0.05) is 24.2 Å². The molecule has 1 aliphatic rings. The van der Waals surface area contributed by atoms with Gasteiger partial charge in [0.1, 0.15) is 0 Å². The minimum Gasteiger partial charge on any atom is -0.366 e. The summed E-state index contributed by atoms with van der Waals surface area (Å²) < 4.78 is 27.0. The van der Waals surface area contributed by atoms with Gasteiger partial charge >= 0.3 is 0 Å². The highest BCUT2D eigenvalue weighted by atomic mass is 32.2. The Balaban J connectivity index is 2.40. The summed E-state index contributed by atoms with van der Waals surface area (Å²) >= 11 is 0. The first-order chi connectivity index (χ1) is 9.84. The number of piperidine rings is 1. The molecule has 0 saturated carbocycles. The maximum absolute atomic E-state index is 12.8. The van der Waals surface area contributed by atoms with E-state index in [4.69, 9.17) is 11.5 Å². The zero-order chi connectivity index (χ0) is 15.6. The van der Waals surface area contributed by atoms with Crippen LogP contribution in [0.4, 0.5) is 0 Å². The molecule has 1 fully saturated rings. The minimum atomic E-state index is -3.67. The summed E-state index contributed by atoms with van der Waals surface area (Å²) in [5.41, 5.74) is 11.3. The summed E-state index contributed by atoms with van der Waals surface area (Å²) in [5.74, 6) is -0.644. The van der Waals surface area contributed by atoms with Gasteiger partial charge in [-0.2, -0.15) is 4.31 Å². The van der Waals surface area contributed by atoms with Gasteiger partial charge in [-0.05, 0) is 38.0 Å². The minimum absolute atomic E-state index is 0.0892. The van der Waals surface area contributed by atoms with Crippen LogP contribution in [0.3, 0.4) is 0 Å². The summed E-state index contributed by atoms with van der Waals surface area (Å²) in [6.07, 6.45) is 2.55. The molecule has 21 heavy (non-hydrogen) atoms. The van der Waals surface area contributed by atoms with Crippen LogP contribution in [0.2, 0.25) is 0 Å². The van der Waals surface area contributed by atoms with E-state index in [1.807, 2.05) is 6.92 Å². The number of nitrogens with two attached hydrogens (primary N) is 2. The second kappa shape index (κ2) is 6.13. The zero-order valence-corrected chi connectivity index (χ0v) is 12.8. The standard InChI is InChI=1S/C14H21N3O3S/c1-10(15)13-7-2-3-8-17(13)21(19,20)12-6-4-5-11(9-12)14(16)18/h4-6,9-10,13H,2-3,7-8,15H2,1H3,(H2,16,18)/t10-,13-/m0/s1. The number of primary amides is 1. The molecule has 116 valence electrons. The number of carbonyl (C=O) groups excluding carboxylic acids is 1. The van der Waals surface area contributed by atoms with Gasteiger partial charge in [0.25, 0.3) is 0 Å². The van der Waals surface area contributed by atoms with Crippen molar-refractivity contribution in [3.8, 4) is 0 Å². The van der Waals surface area contributed by atoms with Crippen LogP contribution < -0.4 is 11.5 Å². The van der Waals surface area contributed by atoms with E-state index in [0.717, 1.165) is 19.3 Å². The van der Waals surface area contributed by atoms with Crippen LogP contribution in [0.5, 0.6) is 0 Å². The van der Waals surface area contributed by atoms with Crippen molar-refractivity contribution in [2.24, 2.45) is 11.5 Å². The number of benzene rings is 1. The van der Waals surface area contributed by atoms with Crippen molar-refractivity contribution in [2.75, 3.05) is 6.54 Å². The van der Waals surface area contributed by atoms with Gasteiger partial charge in [0.2, 0.25) is 15.9 Å². The molecule has 0 spiro atoms. The van der Waals surface area contributed by atoms with E-state index in [1.54, 1.807) is 0 Å². The van der Waals surface area contributed by atoms with E-state index in [1.165, 1.54) is 28.6 Å². The van der Waals surface area contributed by atoms with E-state index >= 15 is 0 Å². The first-order valence-corrected chi connectivity index (χ1v) is 8.45. The van der Waals surface area contributed by atoms with Crippen LogP contribution >= 0.6 is 0 Å². The Labute approximate surface area is 125 Å². The first-order valence-electron chi connectivity index (χ1n) is 7.01. The Morgan fingerprint density at radius 2 is 2.10 bits per heavy atom. The summed E-state index contributed by atoms with van der Waals surface area (Å²) in [6, 6.07) is 5.39. The molecule has 0 aromatic heterocycles. The fraction of sp³-hybridized carbons (Fsp3) is 0.500. The van der Waals surface area contributed by atoms with E-state index in [-0.39, 0.29) is 22.5 Å². The van der Waals surface area contributed by atoms with Gasteiger partial charge in [-0.15, -0.1) is 0 Å². The third-order valence-electron chi connectivity index (χ3n) is 3.83. The molecule has 1 saturated heterocycles. The van der Waals surface area contributed by atoms with Crippen LogP contribution in [0, 0.1) is 0 Å². The van der Waals surface area contributed by atoms with Crippen molar-refractivity contribution in [3.05, 3.63) is 29.8 Å². The molecule has 0 aliphatic carbocycles. The van der Waals surface area contributed by atoms with E-state index in [0.29, 0.717) is 6.54 Å². The molecule has 7 heteroatoms. The highest BCUT2D eigenvalue weighted by Crippen LogP contribution is 2.27. The lowest BCUT2D eigenvalue weighted by Gasteiger charge is -2.36. The Kier molecular flexibility index (Phi) is 4.65. The van der Waals surface area contributed by atoms with Crippen molar-refractivity contribution in [1.29, 1.82) is 0 Å². The molecular formula is C14H21N3O3S. The lowest BCUT2D eigenvalue weighted by molar-refractivity contribution is 0.1000. The summed E-state index contributed by atoms with van der Waals surface area (Å²) in [4.78, 5) is 11.3. The van der Waals surface area contributed by atoms with Gasteiger partial charge in [-0.3, -0.25) is 4.79 Å². The van der Waals surface area contributed by atoms with Crippen molar-refractivity contribution in [1.82, 2.24) is 4.31 Å². The second-order valence-electron chi connectivity index (χ2n) is 5.43.